The third-order valence-electron chi connectivity index (χ3n) is 3.39. The quantitative estimate of drug-likeness (QED) is 0.734. The Morgan fingerprint density at radius 3 is 2.46 bits per heavy atom. The van der Waals surface area contributed by atoms with Crippen molar-refractivity contribution in [2.24, 2.45) is 0 Å². The monoisotopic (exact) mass is 385 g/mol. The molecule has 0 heterocycles. The number of amides is 1. The Labute approximate surface area is 153 Å². The number of rotatable bonds is 5. The zero-order chi connectivity index (χ0) is 19.3. The van der Waals surface area contributed by atoms with Crippen LogP contribution in [-0.4, -0.2) is 20.1 Å². The Balaban J connectivity index is 2.15. The lowest BCUT2D eigenvalue weighted by Gasteiger charge is -2.11. The van der Waals surface area contributed by atoms with Crippen LogP contribution in [0.1, 0.15) is 11.1 Å². The van der Waals surface area contributed by atoms with Crippen LogP contribution in [0.5, 0.6) is 11.5 Å². The Hall–Kier alpha value is -2.67. The molecular formula is C18H15ClF3NO3. The summed E-state index contributed by atoms with van der Waals surface area (Å²) in [6.07, 6.45) is -1.94. The number of benzene rings is 2. The van der Waals surface area contributed by atoms with Crippen LogP contribution in [0.4, 0.5) is 18.9 Å². The molecule has 0 aromatic heterocycles. The maximum Gasteiger partial charge on any atom is 0.417 e. The van der Waals surface area contributed by atoms with Crippen molar-refractivity contribution in [1.82, 2.24) is 0 Å². The van der Waals surface area contributed by atoms with E-state index in [-0.39, 0.29) is 5.69 Å². The van der Waals surface area contributed by atoms with E-state index in [4.69, 9.17) is 21.1 Å². The highest BCUT2D eigenvalue weighted by atomic mass is 35.5. The maximum atomic E-state index is 12.8. The van der Waals surface area contributed by atoms with Crippen LogP contribution >= 0.6 is 11.6 Å². The van der Waals surface area contributed by atoms with Gasteiger partial charge in [0, 0.05) is 23.4 Å². The average Bonchev–Trinajstić information content (AvgIpc) is 2.60. The summed E-state index contributed by atoms with van der Waals surface area (Å²) in [6.45, 7) is 0. The molecule has 0 aliphatic carbocycles. The van der Waals surface area contributed by atoms with Gasteiger partial charge in [0.2, 0.25) is 5.91 Å². The Morgan fingerprint density at radius 1 is 1.12 bits per heavy atom. The fourth-order valence-electron chi connectivity index (χ4n) is 2.13. The predicted octanol–water partition coefficient (Wildman–Crippen LogP) is 5.03. The van der Waals surface area contributed by atoms with Gasteiger partial charge >= 0.3 is 6.18 Å². The van der Waals surface area contributed by atoms with Gasteiger partial charge in [-0.3, -0.25) is 4.79 Å². The van der Waals surface area contributed by atoms with E-state index in [2.05, 4.69) is 5.32 Å². The van der Waals surface area contributed by atoms with Crippen LogP contribution < -0.4 is 14.8 Å². The number of halogens is 4. The number of nitrogens with one attached hydrogen (secondary N) is 1. The summed E-state index contributed by atoms with van der Waals surface area (Å²) in [5, 5.41) is 1.93. The van der Waals surface area contributed by atoms with Crippen LogP contribution in [-0.2, 0) is 11.0 Å². The number of hydrogen-bond acceptors (Lipinski definition) is 3. The lowest BCUT2D eigenvalue weighted by Crippen LogP contribution is -2.11. The number of ether oxygens (including phenoxy) is 2. The van der Waals surface area contributed by atoms with Gasteiger partial charge in [0.15, 0.2) is 0 Å². The standard InChI is InChI=1S/C18H15ClF3NO3/c1-25-13-6-3-11(16(10-13)26-2)4-8-17(24)23-12-5-7-15(19)14(9-12)18(20,21)22/h3-10H,1-2H3,(H,23,24)/b8-4+. The van der Waals surface area contributed by atoms with E-state index >= 15 is 0 Å². The summed E-state index contributed by atoms with van der Waals surface area (Å²) < 4.78 is 48.8. The summed E-state index contributed by atoms with van der Waals surface area (Å²) in [7, 11) is 2.98. The molecule has 0 saturated heterocycles. The van der Waals surface area contributed by atoms with Crippen LogP contribution in [0, 0.1) is 0 Å². The second kappa shape index (κ2) is 8.14. The molecule has 26 heavy (non-hydrogen) atoms. The molecule has 0 bridgehead atoms. The summed E-state index contributed by atoms with van der Waals surface area (Å²) in [5.41, 5.74) is -0.425. The lowest BCUT2D eigenvalue weighted by molar-refractivity contribution is -0.137. The van der Waals surface area contributed by atoms with Gasteiger partial charge in [-0.05, 0) is 36.4 Å². The van der Waals surface area contributed by atoms with Gasteiger partial charge in [-0.15, -0.1) is 0 Å². The Bertz CT molecular complexity index is 835. The first-order valence-corrected chi connectivity index (χ1v) is 7.70. The minimum atomic E-state index is -4.61. The second-order valence-electron chi connectivity index (χ2n) is 5.12. The maximum absolute atomic E-state index is 12.8. The van der Waals surface area contributed by atoms with Gasteiger partial charge < -0.3 is 14.8 Å². The van der Waals surface area contributed by atoms with E-state index in [0.29, 0.717) is 17.1 Å². The van der Waals surface area contributed by atoms with Crippen molar-refractivity contribution >= 4 is 29.3 Å². The van der Waals surface area contributed by atoms with Gasteiger partial charge in [-0.25, -0.2) is 0 Å². The number of hydrogen-bond donors (Lipinski definition) is 1. The normalized spacial score (nSPS) is 11.5. The third-order valence-corrected chi connectivity index (χ3v) is 3.72. The Kier molecular flexibility index (Phi) is 6.15. The molecule has 1 amide bonds. The van der Waals surface area contributed by atoms with Crippen LogP contribution in [0.3, 0.4) is 0 Å². The molecule has 0 fully saturated rings. The molecule has 2 aromatic carbocycles. The number of alkyl halides is 3. The van der Waals surface area contributed by atoms with Gasteiger partial charge in [0.1, 0.15) is 11.5 Å². The molecule has 0 spiro atoms. The van der Waals surface area contributed by atoms with Crippen molar-refractivity contribution in [2.75, 3.05) is 19.5 Å². The van der Waals surface area contributed by atoms with Gasteiger partial charge in [-0.1, -0.05) is 11.6 Å². The van der Waals surface area contributed by atoms with Crippen molar-refractivity contribution < 1.29 is 27.4 Å². The molecule has 0 aliphatic rings. The van der Waals surface area contributed by atoms with Crippen LogP contribution in [0.25, 0.3) is 6.08 Å². The van der Waals surface area contributed by atoms with Crippen molar-refractivity contribution in [2.45, 2.75) is 6.18 Å². The van der Waals surface area contributed by atoms with Gasteiger partial charge in [-0.2, -0.15) is 13.2 Å². The number of anilines is 1. The van der Waals surface area contributed by atoms with Crippen LogP contribution in [0.2, 0.25) is 5.02 Å². The minimum Gasteiger partial charge on any atom is -0.497 e. The first-order valence-electron chi connectivity index (χ1n) is 7.32. The molecule has 1 N–H and O–H groups in total. The van der Waals surface area contributed by atoms with Gasteiger partial charge in [0.25, 0.3) is 0 Å². The largest absolute Gasteiger partial charge is 0.497 e. The SMILES string of the molecule is COc1ccc(/C=C/C(=O)Nc2ccc(Cl)c(C(F)(F)F)c2)c(OC)c1. The predicted molar refractivity (Wildman–Crippen MR) is 93.7 cm³/mol. The van der Waals surface area contributed by atoms with E-state index in [1.807, 2.05) is 0 Å². The molecule has 0 unspecified atom stereocenters. The van der Waals surface area contributed by atoms with Gasteiger partial charge in [0.05, 0.1) is 24.8 Å². The fourth-order valence-corrected chi connectivity index (χ4v) is 2.35. The lowest BCUT2D eigenvalue weighted by atomic mass is 10.1. The van der Waals surface area contributed by atoms with Crippen LogP contribution in [0.15, 0.2) is 42.5 Å². The molecule has 4 nitrogen and oxygen atoms in total. The topological polar surface area (TPSA) is 47.6 Å². The summed E-state index contributed by atoms with van der Waals surface area (Å²) in [5.74, 6) is 0.474. The molecule has 0 atom stereocenters. The number of carbonyl (C=O) groups excluding carboxylic acids is 1. The molecule has 8 heteroatoms. The fraction of sp³-hybridized carbons (Fsp3) is 0.167. The van der Waals surface area contributed by atoms with Crippen molar-refractivity contribution in [3.05, 3.63) is 58.6 Å². The number of carbonyl (C=O) groups is 1. The van der Waals surface area contributed by atoms with Crippen molar-refractivity contribution in [3.8, 4) is 11.5 Å². The summed E-state index contributed by atoms with van der Waals surface area (Å²) >= 11 is 5.55. The van der Waals surface area contributed by atoms with E-state index in [0.717, 1.165) is 12.1 Å². The highest BCUT2D eigenvalue weighted by Gasteiger charge is 2.33. The minimum absolute atomic E-state index is 0.0157. The average molecular weight is 386 g/mol. The number of methoxy groups -OCH3 is 2. The third kappa shape index (κ3) is 4.92. The van der Waals surface area contributed by atoms with Crippen molar-refractivity contribution in [1.29, 1.82) is 0 Å². The summed E-state index contributed by atoms with van der Waals surface area (Å²) in [4.78, 5) is 12.0. The summed E-state index contributed by atoms with van der Waals surface area (Å²) in [6, 6.07) is 8.17. The van der Waals surface area contributed by atoms with E-state index in [9.17, 15) is 18.0 Å². The van der Waals surface area contributed by atoms with E-state index in [1.165, 1.54) is 32.4 Å². The molecule has 2 rings (SSSR count). The molecule has 0 radical (unpaired) electrons. The zero-order valence-corrected chi connectivity index (χ0v) is 14.6. The molecule has 0 saturated carbocycles. The highest BCUT2D eigenvalue weighted by Crippen LogP contribution is 2.36. The first-order chi connectivity index (χ1) is 12.2. The Morgan fingerprint density at radius 2 is 1.85 bits per heavy atom. The highest BCUT2D eigenvalue weighted by molar-refractivity contribution is 6.31. The van der Waals surface area contributed by atoms with E-state index < -0.39 is 22.7 Å². The van der Waals surface area contributed by atoms with E-state index in [1.54, 1.807) is 18.2 Å². The van der Waals surface area contributed by atoms with Crippen molar-refractivity contribution in [3.63, 3.8) is 0 Å². The first kappa shape index (κ1) is 19.7. The molecule has 0 aliphatic heterocycles. The molecule has 2 aromatic rings. The molecule has 138 valence electrons. The smallest absolute Gasteiger partial charge is 0.417 e. The second-order valence-corrected chi connectivity index (χ2v) is 5.53. The molecular weight excluding hydrogens is 371 g/mol. The zero-order valence-electron chi connectivity index (χ0n) is 13.9.